The van der Waals surface area contributed by atoms with E-state index >= 15 is 0 Å². The largest absolute Gasteiger partial charge is 0.462 e. The second-order valence-electron chi connectivity index (χ2n) is 9.47. The molecule has 1 aliphatic rings. The summed E-state index contributed by atoms with van der Waals surface area (Å²) in [5.74, 6) is -1.77. The maximum absolute atomic E-state index is 14.4. The molecule has 1 atom stereocenters. The summed E-state index contributed by atoms with van der Waals surface area (Å²) in [4.78, 5) is 26.9. The Morgan fingerprint density at radius 2 is 1.70 bits per heavy atom. The molecule has 4 rings (SSSR count). The lowest BCUT2D eigenvalue weighted by atomic mass is 10.1. The van der Waals surface area contributed by atoms with Gasteiger partial charge in [-0.2, -0.15) is 8.42 Å². The Morgan fingerprint density at radius 3 is 2.38 bits per heavy atom. The summed E-state index contributed by atoms with van der Waals surface area (Å²) in [6.07, 6.45) is 3.06. The summed E-state index contributed by atoms with van der Waals surface area (Å²) < 4.78 is 56.7. The van der Waals surface area contributed by atoms with Crippen molar-refractivity contribution in [2.45, 2.75) is 50.2 Å². The predicted octanol–water partition coefficient (Wildman–Crippen LogP) is 5.37. The summed E-state index contributed by atoms with van der Waals surface area (Å²) in [5, 5.41) is 0. The average molecular weight is 570 g/mol. The highest BCUT2D eigenvalue weighted by Crippen LogP contribution is 2.24. The van der Waals surface area contributed by atoms with Crippen molar-refractivity contribution in [1.29, 1.82) is 0 Å². The molecule has 0 aliphatic carbocycles. The van der Waals surface area contributed by atoms with E-state index < -0.39 is 27.8 Å². The lowest BCUT2D eigenvalue weighted by Crippen LogP contribution is -2.37. The van der Waals surface area contributed by atoms with Gasteiger partial charge in [-0.05, 0) is 61.2 Å². The van der Waals surface area contributed by atoms with Gasteiger partial charge in [-0.15, -0.1) is 0 Å². The second-order valence-corrected chi connectivity index (χ2v) is 11.0. The lowest BCUT2D eigenvalue weighted by Gasteiger charge is -2.26. The quantitative estimate of drug-likeness (QED) is 0.164. The number of unbranched alkanes of at least 4 members (excludes halogenated alkanes) is 1. The van der Waals surface area contributed by atoms with Gasteiger partial charge in [0.2, 0.25) is 0 Å². The van der Waals surface area contributed by atoms with E-state index in [4.69, 9.17) is 13.7 Å². The van der Waals surface area contributed by atoms with Gasteiger partial charge in [-0.25, -0.2) is 9.18 Å². The molecule has 0 saturated carbocycles. The minimum absolute atomic E-state index is 0.0292. The van der Waals surface area contributed by atoms with E-state index in [1.54, 1.807) is 24.3 Å². The van der Waals surface area contributed by atoms with E-state index in [2.05, 4.69) is 0 Å². The number of hydrogen-bond donors (Lipinski definition) is 0. The van der Waals surface area contributed by atoms with E-state index in [9.17, 15) is 22.4 Å². The maximum atomic E-state index is 14.4. The van der Waals surface area contributed by atoms with Crippen molar-refractivity contribution in [3.8, 4) is 5.75 Å². The first-order chi connectivity index (χ1) is 19.3. The van der Waals surface area contributed by atoms with Crippen molar-refractivity contribution < 1.29 is 36.1 Å². The summed E-state index contributed by atoms with van der Waals surface area (Å²) in [5.41, 5.74) is 0.553. The monoisotopic (exact) mass is 569 g/mol. The molecule has 1 amide bonds. The number of amides is 1. The number of rotatable bonds is 12. The van der Waals surface area contributed by atoms with Gasteiger partial charge in [0.1, 0.15) is 16.5 Å². The molecule has 3 aromatic rings. The second kappa shape index (κ2) is 13.5. The minimum atomic E-state index is -4.35. The molecule has 0 radical (unpaired) electrons. The van der Waals surface area contributed by atoms with Crippen LogP contribution >= 0.6 is 0 Å². The molecule has 0 unspecified atom stereocenters. The fraction of sp³-hybridized carbons (Fsp3) is 0.333. The molecule has 8 nitrogen and oxygen atoms in total. The highest BCUT2D eigenvalue weighted by atomic mass is 32.2. The fourth-order valence-corrected chi connectivity index (χ4v) is 5.46. The molecular weight excluding hydrogens is 537 g/mol. The van der Waals surface area contributed by atoms with Gasteiger partial charge in [0.05, 0.1) is 23.8 Å². The number of esters is 1. The molecule has 1 heterocycles. The third-order valence-electron chi connectivity index (χ3n) is 6.45. The highest BCUT2D eigenvalue weighted by Gasteiger charge is 2.27. The van der Waals surface area contributed by atoms with Crippen LogP contribution in [0.5, 0.6) is 5.75 Å². The molecule has 1 aliphatic heterocycles. The molecular formula is C30H32FNO7S. The summed E-state index contributed by atoms with van der Waals surface area (Å²) >= 11 is 0. The average Bonchev–Trinajstić information content (AvgIpc) is 3.47. The van der Waals surface area contributed by atoms with Gasteiger partial charge in [-0.3, -0.25) is 4.79 Å². The standard InChI is InChI=1S/C30H32FNO7S/c1-2-3-18-38-30(34)26-11-5-7-13-28(26)40(35,36)39-23-16-14-22(15-17-23)20-32(21-24-9-8-19-37-24)29(33)25-10-4-6-12-27(25)31/h4-7,10-17,24H,2-3,8-9,18-21H2,1H3/t24-/m0/s1. The normalized spacial score (nSPS) is 15.0. The Morgan fingerprint density at radius 1 is 1.00 bits per heavy atom. The van der Waals surface area contributed by atoms with Gasteiger partial charge in [0.15, 0.2) is 0 Å². The Hall–Kier alpha value is -3.76. The molecule has 0 aromatic heterocycles. The van der Waals surface area contributed by atoms with Crippen LogP contribution in [0.1, 0.15) is 58.9 Å². The molecule has 10 heteroatoms. The fourth-order valence-electron chi connectivity index (χ4n) is 4.34. The van der Waals surface area contributed by atoms with Gasteiger partial charge in [0.25, 0.3) is 5.91 Å². The van der Waals surface area contributed by atoms with Crippen LogP contribution in [0.25, 0.3) is 0 Å². The molecule has 0 N–H and O–H groups in total. The van der Waals surface area contributed by atoms with Crippen LogP contribution in [-0.4, -0.2) is 51.1 Å². The van der Waals surface area contributed by atoms with E-state index in [1.165, 1.54) is 53.4 Å². The SMILES string of the molecule is CCCCOC(=O)c1ccccc1S(=O)(=O)Oc1ccc(CN(C[C@@H]2CCCO2)C(=O)c2ccccc2F)cc1. The van der Waals surface area contributed by atoms with Crippen molar-refractivity contribution in [3.05, 3.63) is 95.3 Å². The Labute approximate surface area is 233 Å². The maximum Gasteiger partial charge on any atom is 0.340 e. The molecule has 1 fully saturated rings. The van der Waals surface area contributed by atoms with Gasteiger partial charge in [-0.1, -0.05) is 49.7 Å². The van der Waals surface area contributed by atoms with Gasteiger partial charge < -0.3 is 18.6 Å². The molecule has 1 saturated heterocycles. The van der Waals surface area contributed by atoms with Crippen LogP contribution in [0.3, 0.4) is 0 Å². The Kier molecular flexibility index (Phi) is 9.89. The lowest BCUT2D eigenvalue weighted by molar-refractivity contribution is 0.0493. The number of hydrogen-bond acceptors (Lipinski definition) is 7. The van der Waals surface area contributed by atoms with Crippen LogP contribution in [0.2, 0.25) is 0 Å². The third-order valence-corrected chi connectivity index (χ3v) is 7.76. The number of benzene rings is 3. The van der Waals surface area contributed by atoms with Gasteiger partial charge in [0, 0.05) is 19.7 Å². The van der Waals surface area contributed by atoms with Crippen molar-refractivity contribution in [2.24, 2.45) is 0 Å². The van der Waals surface area contributed by atoms with Crippen molar-refractivity contribution >= 4 is 22.0 Å². The Balaban J connectivity index is 1.49. The van der Waals surface area contributed by atoms with Crippen LogP contribution in [0.15, 0.2) is 77.7 Å². The zero-order valence-electron chi connectivity index (χ0n) is 22.3. The number of carbonyl (C=O) groups is 2. The predicted molar refractivity (Wildman–Crippen MR) is 146 cm³/mol. The minimum Gasteiger partial charge on any atom is -0.462 e. The molecule has 212 valence electrons. The topological polar surface area (TPSA) is 99.2 Å². The van der Waals surface area contributed by atoms with Crippen molar-refractivity contribution in [3.63, 3.8) is 0 Å². The molecule has 40 heavy (non-hydrogen) atoms. The van der Waals surface area contributed by atoms with Crippen LogP contribution < -0.4 is 4.18 Å². The first kappa shape index (κ1) is 29.2. The van der Waals surface area contributed by atoms with Gasteiger partial charge >= 0.3 is 16.1 Å². The zero-order chi connectivity index (χ0) is 28.5. The summed E-state index contributed by atoms with van der Waals surface area (Å²) in [7, 11) is -4.35. The smallest absolute Gasteiger partial charge is 0.340 e. The number of ether oxygens (including phenoxy) is 2. The summed E-state index contributed by atoms with van der Waals surface area (Å²) in [6.45, 7) is 3.22. The van der Waals surface area contributed by atoms with Crippen molar-refractivity contribution in [2.75, 3.05) is 19.8 Å². The molecule has 0 spiro atoms. The zero-order valence-corrected chi connectivity index (χ0v) is 23.1. The summed E-state index contributed by atoms with van der Waals surface area (Å²) in [6, 6.07) is 17.7. The molecule has 0 bridgehead atoms. The first-order valence-electron chi connectivity index (χ1n) is 13.2. The van der Waals surface area contributed by atoms with Crippen molar-refractivity contribution in [1.82, 2.24) is 4.90 Å². The number of nitrogens with zero attached hydrogens (tertiary/aromatic N) is 1. The number of halogens is 1. The van der Waals surface area contributed by atoms with Crippen LogP contribution in [0, 0.1) is 5.82 Å². The van der Waals surface area contributed by atoms with E-state index in [-0.39, 0.29) is 41.0 Å². The highest BCUT2D eigenvalue weighted by molar-refractivity contribution is 7.87. The number of carbonyl (C=O) groups excluding carboxylic acids is 2. The third kappa shape index (κ3) is 7.45. The van der Waals surface area contributed by atoms with E-state index in [1.807, 2.05) is 6.92 Å². The van der Waals surface area contributed by atoms with Crippen LogP contribution in [-0.2, 0) is 26.1 Å². The first-order valence-corrected chi connectivity index (χ1v) is 14.6. The van der Waals surface area contributed by atoms with E-state index in [0.717, 1.165) is 19.3 Å². The Bertz CT molecular complexity index is 1420. The molecule has 3 aromatic carbocycles. The van der Waals surface area contributed by atoms with E-state index in [0.29, 0.717) is 25.1 Å². The van der Waals surface area contributed by atoms with Crippen LogP contribution in [0.4, 0.5) is 4.39 Å².